The monoisotopic (exact) mass is 1070 g/mol. The molecule has 3 heteroatoms. The van der Waals surface area contributed by atoms with Gasteiger partial charge in [0, 0.05) is 16.7 Å². The van der Waals surface area contributed by atoms with Crippen molar-refractivity contribution in [3.63, 3.8) is 0 Å². The molecule has 0 N–H and O–H groups in total. The highest BCUT2D eigenvalue weighted by Crippen LogP contribution is 2.58. The van der Waals surface area contributed by atoms with Crippen LogP contribution in [-0.4, -0.2) is 15.0 Å². The minimum atomic E-state index is 0.619. The minimum Gasteiger partial charge on any atom is -0.208 e. The second-order valence-corrected chi connectivity index (χ2v) is 21.6. The van der Waals surface area contributed by atoms with Crippen LogP contribution in [0.25, 0.3) is 166 Å². The van der Waals surface area contributed by atoms with Crippen LogP contribution in [0.4, 0.5) is 0 Å². The lowest BCUT2D eigenvalue weighted by molar-refractivity contribution is 1.07. The van der Waals surface area contributed by atoms with E-state index in [-0.39, 0.29) is 0 Å². The first kappa shape index (κ1) is 48.7. The maximum Gasteiger partial charge on any atom is 0.164 e. The lowest BCUT2D eigenvalue weighted by atomic mass is 9.74. The highest BCUT2D eigenvalue weighted by Gasteiger charge is 2.30. The molecule has 16 aromatic rings. The number of fused-ring (bicyclic) bond motifs is 6. The third-order valence-electron chi connectivity index (χ3n) is 16.8. The molecule has 0 spiro atoms. The second kappa shape index (κ2) is 20.4. The molecule has 1 heterocycles. The van der Waals surface area contributed by atoms with Gasteiger partial charge in [0.2, 0.25) is 0 Å². The number of hydrogen-bond acceptors (Lipinski definition) is 3. The molecule has 16 rings (SSSR count). The molecule has 0 amide bonds. The molecule has 0 atom stereocenters. The zero-order valence-corrected chi connectivity index (χ0v) is 45.8. The van der Waals surface area contributed by atoms with Crippen molar-refractivity contribution in [1.29, 1.82) is 0 Å². The Bertz CT molecular complexity index is 5040. The molecule has 390 valence electrons. The fourth-order valence-electron chi connectivity index (χ4n) is 13.3. The van der Waals surface area contributed by atoms with Crippen molar-refractivity contribution < 1.29 is 0 Å². The van der Waals surface area contributed by atoms with Crippen molar-refractivity contribution in [2.24, 2.45) is 0 Å². The van der Waals surface area contributed by atoms with E-state index in [0.717, 1.165) is 38.9 Å². The molecule has 15 aromatic carbocycles. The standard InChI is InChI=1S/C81H51N3/c1-9-27-52(28-10-1)67-51-66(53-47-49-61(50-48-53)81-83-79(59-39-21-7-22-40-59)82-80(84-81)60-41-23-8-24-42-60)68(54-29-11-2-12-30-54)76-63-44-26-46-65-74(63)73-62(75(67)76)43-25-45-64(73)77-71(57-35-17-5-18-36-57)69(55-31-13-3-14-32-55)70(56-33-15-4-16-34-56)72(78(65)77)58-37-19-6-20-38-58/h1-51H. The number of nitrogens with zero attached hydrogens (tertiary/aromatic N) is 3. The van der Waals surface area contributed by atoms with E-state index in [9.17, 15) is 0 Å². The van der Waals surface area contributed by atoms with Crippen molar-refractivity contribution in [3.8, 4) is 112 Å². The topological polar surface area (TPSA) is 38.7 Å². The molecular weight excluding hydrogens is 1010 g/mol. The molecule has 1 aromatic heterocycles. The van der Waals surface area contributed by atoms with Gasteiger partial charge in [-0.2, -0.15) is 0 Å². The third kappa shape index (κ3) is 8.08. The van der Waals surface area contributed by atoms with E-state index in [0.29, 0.717) is 17.5 Å². The van der Waals surface area contributed by atoms with Gasteiger partial charge in [-0.15, -0.1) is 0 Å². The Morgan fingerprint density at radius 3 is 0.762 bits per heavy atom. The van der Waals surface area contributed by atoms with Gasteiger partial charge in [-0.25, -0.2) is 15.0 Å². The molecule has 3 nitrogen and oxygen atoms in total. The number of rotatable bonds is 10. The summed E-state index contributed by atoms with van der Waals surface area (Å²) in [4.78, 5) is 15.3. The summed E-state index contributed by atoms with van der Waals surface area (Å²) >= 11 is 0. The van der Waals surface area contributed by atoms with Crippen molar-refractivity contribution in [2.45, 2.75) is 0 Å². The summed E-state index contributed by atoms with van der Waals surface area (Å²) in [5.41, 5.74) is 19.2. The molecule has 0 saturated heterocycles. The van der Waals surface area contributed by atoms with E-state index in [2.05, 4.69) is 273 Å². The quantitative estimate of drug-likeness (QED) is 0.101. The van der Waals surface area contributed by atoms with E-state index in [4.69, 9.17) is 15.0 Å². The first-order valence-electron chi connectivity index (χ1n) is 28.8. The van der Waals surface area contributed by atoms with Gasteiger partial charge in [-0.3, -0.25) is 0 Å². The predicted molar refractivity (Wildman–Crippen MR) is 353 cm³/mol. The van der Waals surface area contributed by atoms with Gasteiger partial charge < -0.3 is 0 Å². The van der Waals surface area contributed by atoms with Crippen LogP contribution in [0, 0.1) is 0 Å². The fourth-order valence-corrected chi connectivity index (χ4v) is 13.3. The number of benzene rings is 15. The van der Waals surface area contributed by atoms with Gasteiger partial charge >= 0.3 is 0 Å². The van der Waals surface area contributed by atoms with Gasteiger partial charge in [-0.1, -0.05) is 303 Å². The lowest BCUT2D eigenvalue weighted by Gasteiger charge is -2.28. The van der Waals surface area contributed by atoms with Gasteiger partial charge in [0.15, 0.2) is 17.5 Å². The van der Waals surface area contributed by atoms with Gasteiger partial charge in [0.05, 0.1) is 0 Å². The summed E-state index contributed by atoms with van der Waals surface area (Å²) in [5, 5.41) is 12.3. The summed E-state index contributed by atoms with van der Waals surface area (Å²) in [6.45, 7) is 0. The maximum atomic E-state index is 5.13. The van der Waals surface area contributed by atoms with Crippen molar-refractivity contribution in [2.75, 3.05) is 0 Å². The van der Waals surface area contributed by atoms with Gasteiger partial charge in [0.1, 0.15) is 0 Å². The van der Waals surface area contributed by atoms with Crippen LogP contribution in [0.5, 0.6) is 0 Å². The van der Waals surface area contributed by atoms with E-state index >= 15 is 0 Å². The summed E-state index contributed by atoms with van der Waals surface area (Å²) in [6.07, 6.45) is 0. The largest absolute Gasteiger partial charge is 0.208 e. The minimum absolute atomic E-state index is 0.619. The lowest BCUT2D eigenvalue weighted by Crippen LogP contribution is -2.01. The Hall–Kier alpha value is -11.1. The molecule has 84 heavy (non-hydrogen) atoms. The Morgan fingerprint density at radius 2 is 0.405 bits per heavy atom. The maximum absolute atomic E-state index is 5.13. The normalized spacial score (nSPS) is 11.6. The molecule has 0 aliphatic carbocycles. The molecule has 0 bridgehead atoms. The average Bonchev–Trinajstić information content (AvgIpc) is 2.14. The fraction of sp³-hybridized carbons (Fsp3) is 0. The van der Waals surface area contributed by atoms with Crippen LogP contribution in [0.15, 0.2) is 309 Å². The van der Waals surface area contributed by atoms with Crippen LogP contribution in [0.2, 0.25) is 0 Å². The molecule has 0 unspecified atom stereocenters. The van der Waals surface area contributed by atoms with Crippen LogP contribution in [0.1, 0.15) is 0 Å². The molecule has 0 aliphatic rings. The average molecular weight is 1070 g/mol. The summed E-state index contributed by atoms with van der Waals surface area (Å²) in [5.74, 6) is 1.89. The Kier molecular flexibility index (Phi) is 11.9. The molecule has 0 saturated carbocycles. The zero-order chi connectivity index (χ0) is 55.5. The molecule has 0 radical (unpaired) electrons. The van der Waals surface area contributed by atoms with Crippen molar-refractivity contribution >= 4 is 53.9 Å². The van der Waals surface area contributed by atoms with Crippen molar-refractivity contribution in [1.82, 2.24) is 15.0 Å². The van der Waals surface area contributed by atoms with Crippen LogP contribution < -0.4 is 0 Å². The summed E-state index contributed by atoms with van der Waals surface area (Å²) in [7, 11) is 0. The first-order chi connectivity index (χ1) is 41.7. The van der Waals surface area contributed by atoms with Gasteiger partial charge in [0.25, 0.3) is 0 Å². The summed E-state index contributed by atoms with van der Waals surface area (Å²) in [6, 6.07) is 112. The smallest absolute Gasteiger partial charge is 0.164 e. The predicted octanol–water partition coefficient (Wildman–Crippen LogP) is 21.7. The SMILES string of the molecule is c1ccc(-c2nc(-c3ccccc3)nc(-c3ccc(-c4cc(-c5ccccc5)c5c6cccc7c8c(-c9ccccc9)c(-c9ccccc9)c(-c9ccccc9)c(-c9ccccc9)c8c8cccc(c5c4-c4ccccc4)c8c67)cc3)n2)cc1. The van der Waals surface area contributed by atoms with E-state index < -0.39 is 0 Å². The Morgan fingerprint density at radius 1 is 0.155 bits per heavy atom. The van der Waals surface area contributed by atoms with Crippen LogP contribution in [0.3, 0.4) is 0 Å². The Labute approximate surface area is 487 Å². The summed E-state index contributed by atoms with van der Waals surface area (Å²) < 4.78 is 0. The Balaban J connectivity index is 1.06. The highest BCUT2D eigenvalue weighted by atomic mass is 15.0. The highest BCUT2D eigenvalue weighted by molar-refractivity contribution is 6.46. The van der Waals surface area contributed by atoms with Crippen molar-refractivity contribution in [3.05, 3.63) is 309 Å². The van der Waals surface area contributed by atoms with Crippen LogP contribution in [-0.2, 0) is 0 Å². The third-order valence-corrected chi connectivity index (χ3v) is 16.8. The molecule has 0 aliphatic heterocycles. The molecular formula is C81H51N3. The van der Waals surface area contributed by atoms with E-state index in [1.807, 2.05) is 36.4 Å². The second-order valence-electron chi connectivity index (χ2n) is 21.6. The zero-order valence-electron chi connectivity index (χ0n) is 45.8. The molecule has 0 fully saturated rings. The number of hydrogen-bond donors (Lipinski definition) is 0. The number of aromatic nitrogens is 3. The van der Waals surface area contributed by atoms with Gasteiger partial charge in [-0.05, 0) is 138 Å². The first-order valence-corrected chi connectivity index (χ1v) is 28.8. The van der Waals surface area contributed by atoms with Crippen LogP contribution >= 0.6 is 0 Å². The van der Waals surface area contributed by atoms with E-state index in [1.54, 1.807) is 0 Å². The van der Waals surface area contributed by atoms with E-state index in [1.165, 1.54) is 109 Å².